The Morgan fingerprint density at radius 2 is 2.29 bits per heavy atom. The summed E-state index contributed by atoms with van der Waals surface area (Å²) in [5, 5.41) is 13.3. The third kappa shape index (κ3) is 2.45. The number of carbonyl (C=O) groups excluding carboxylic acids is 1. The second kappa shape index (κ2) is 4.42. The normalized spacial score (nSPS) is 24.6. The number of morpholine rings is 1. The molecule has 3 rings (SSSR count). The molecule has 0 aromatic carbocycles. The summed E-state index contributed by atoms with van der Waals surface area (Å²) in [4.78, 5) is 11.8. The van der Waals surface area contributed by atoms with Gasteiger partial charge in [0.25, 0.3) is 0 Å². The molecule has 1 atom stereocenters. The van der Waals surface area contributed by atoms with Gasteiger partial charge >= 0.3 is 6.01 Å². The fourth-order valence-electron chi connectivity index (χ4n) is 1.71. The molecule has 0 radical (unpaired) electrons. The molecule has 0 bridgehead atoms. The minimum Gasteiger partial charge on any atom is -0.408 e. The highest BCUT2D eigenvalue weighted by atomic mass is 16.5. The van der Waals surface area contributed by atoms with Crippen LogP contribution in [-0.2, 0) is 9.53 Å². The Bertz CT molecular complexity index is 409. The second-order valence-corrected chi connectivity index (χ2v) is 4.29. The van der Waals surface area contributed by atoms with Crippen molar-refractivity contribution in [3.8, 4) is 0 Å². The van der Waals surface area contributed by atoms with Crippen LogP contribution in [0.5, 0.6) is 0 Å². The Morgan fingerprint density at radius 3 is 3.00 bits per heavy atom. The summed E-state index contributed by atoms with van der Waals surface area (Å²) in [6.07, 6.45) is 2.18. The molecule has 1 aromatic rings. The number of carbonyl (C=O) groups is 1. The van der Waals surface area contributed by atoms with Crippen LogP contribution in [0.3, 0.4) is 0 Å². The van der Waals surface area contributed by atoms with Gasteiger partial charge < -0.3 is 14.5 Å². The van der Waals surface area contributed by atoms with Gasteiger partial charge in [-0.3, -0.25) is 10.1 Å². The van der Waals surface area contributed by atoms with Gasteiger partial charge in [-0.05, 0) is 12.8 Å². The van der Waals surface area contributed by atoms with Crippen molar-refractivity contribution in [2.75, 3.05) is 25.1 Å². The van der Waals surface area contributed by atoms with Gasteiger partial charge in [-0.15, -0.1) is 5.10 Å². The molecule has 2 aliphatic rings. The lowest BCUT2D eigenvalue weighted by atomic mass is 10.2. The number of hydrogen-bond donors (Lipinski definition) is 2. The van der Waals surface area contributed by atoms with E-state index in [1.807, 2.05) is 0 Å². The summed E-state index contributed by atoms with van der Waals surface area (Å²) >= 11 is 0. The van der Waals surface area contributed by atoms with Crippen LogP contribution in [0.4, 0.5) is 6.01 Å². The van der Waals surface area contributed by atoms with E-state index < -0.39 is 0 Å². The Kier molecular flexibility index (Phi) is 2.77. The number of ether oxygens (including phenoxy) is 1. The molecule has 1 aliphatic heterocycles. The lowest BCUT2D eigenvalue weighted by Crippen LogP contribution is -2.48. The van der Waals surface area contributed by atoms with Gasteiger partial charge in [-0.1, -0.05) is 5.10 Å². The number of nitrogens with zero attached hydrogens (tertiary/aromatic N) is 2. The maximum absolute atomic E-state index is 11.8. The average molecular weight is 238 g/mol. The van der Waals surface area contributed by atoms with Crippen molar-refractivity contribution in [3.05, 3.63) is 5.89 Å². The summed E-state index contributed by atoms with van der Waals surface area (Å²) in [5.41, 5.74) is 0. The number of hydrogen-bond acceptors (Lipinski definition) is 6. The number of nitrogens with one attached hydrogen (secondary N) is 2. The molecule has 17 heavy (non-hydrogen) atoms. The van der Waals surface area contributed by atoms with Gasteiger partial charge in [0.1, 0.15) is 6.04 Å². The first kappa shape index (κ1) is 10.7. The maximum Gasteiger partial charge on any atom is 0.322 e. The second-order valence-electron chi connectivity index (χ2n) is 4.29. The van der Waals surface area contributed by atoms with Crippen molar-refractivity contribution in [1.29, 1.82) is 0 Å². The zero-order chi connectivity index (χ0) is 11.7. The summed E-state index contributed by atoms with van der Waals surface area (Å²) in [7, 11) is 0. The topological polar surface area (TPSA) is 89.3 Å². The van der Waals surface area contributed by atoms with Crippen molar-refractivity contribution >= 4 is 11.9 Å². The van der Waals surface area contributed by atoms with E-state index in [1.54, 1.807) is 0 Å². The number of aromatic nitrogens is 2. The van der Waals surface area contributed by atoms with Crippen LogP contribution in [0, 0.1) is 0 Å². The van der Waals surface area contributed by atoms with Crippen LogP contribution < -0.4 is 10.6 Å². The van der Waals surface area contributed by atoms with Crippen molar-refractivity contribution < 1.29 is 13.9 Å². The highest BCUT2D eigenvalue weighted by Gasteiger charge is 2.30. The van der Waals surface area contributed by atoms with Gasteiger partial charge in [-0.2, -0.15) is 0 Å². The molecular formula is C10H14N4O3. The zero-order valence-electron chi connectivity index (χ0n) is 9.31. The Balaban J connectivity index is 1.58. The highest BCUT2D eigenvalue weighted by Crippen LogP contribution is 2.39. The molecule has 1 amide bonds. The third-order valence-corrected chi connectivity index (χ3v) is 2.84. The molecule has 2 N–H and O–H groups in total. The minimum atomic E-state index is -0.347. The summed E-state index contributed by atoms with van der Waals surface area (Å²) in [5.74, 6) is 0.813. The zero-order valence-corrected chi connectivity index (χ0v) is 9.31. The Hall–Kier alpha value is -1.47. The average Bonchev–Trinajstić information content (AvgIpc) is 3.12. The molecule has 1 unspecified atom stereocenters. The predicted octanol–water partition coefficient (Wildman–Crippen LogP) is -0.126. The molecule has 7 nitrogen and oxygen atoms in total. The molecular weight excluding hydrogens is 224 g/mol. The van der Waals surface area contributed by atoms with Crippen molar-refractivity contribution in [3.63, 3.8) is 0 Å². The smallest absolute Gasteiger partial charge is 0.322 e. The van der Waals surface area contributed by atoms with Gasteiger partial charge in [0.2, 0.25) is 11.8 Å². The standard InChI is InChI=1S/C10H14N4O3/c15-8(7-5-16-4-3-11-7)12-10-14-13-9(17-10)6-1-2-6/h6-7,11H,1-5H2,(H,12,14,15). The van der Waals surface area contributed by atoms with Crippen LogP contribution >= 0.6 is 0 Å². The van der Waals surface area contributed by atoms with E-state index in [1.165, 1.54) is 0 Å². The van der Waals surface area contributed by atoms with Gasteiger partial charge in [0, 0.05) is 12.5 Å². The first-order valence-electron chi connectivity index (χ1n) is 5.78. The minimum absolute atomic E-state index is 0.171. The van der Waals surface area contributed by atoms with Crippen LogP contribution in [0.2, 0.25) is 0 Å². The van der Waals surface area contributed by atoms with E-state index >= 15 is 0 Å². The lowest BCUT2D eigenvalue weighted by molar-refractivity contribution is -0.120. The number of rotatable bonds is 3. The molecule has 1 saturated carbocycles. The highest BCUT2D eigenvalue weighted by molar-refractivity contribution is 5.93. The first-order chi connectivity index (χ1) is 8.33. The summed E-state index contributed by atoms with van der Waals surface area (Å²) < 4.78 is 10.6. The van der Waals surface area contributed by atoms with Crippen LogP contribution in [0.25, 0.3) is 0 Å². The number of anilines is 1. The van der Waals surface area contributed by atoms with Gasteiger partial charge in [0.15, 0.2) is 0 Å². The van der Waals surface area contributed by atoms with E-state index in [2.05, 4.69) is 20.8 Å². The summed E-state index contributed by atoms with van der Waals surface area (Å²) in [6.45, 7) is 1.68. The molecule has 7 heteroatoms. The Labute approximate surface area is 97.9 Å². The van der Waals surface area contributed by atoms with Crippen molar-refractivity contribution in [2.45, 2.75) is 24.8 Å². The predicted molar refractivity (Wildman–Crippen MR) is 57.5 cm³/mol. The van der Waals surface area contributed by atoms with E-state index in [4.69, 9.17) is 9.15 Å². The molecule has 1 saturated heterocycles. The fourth-order valence-corrected chi connectivity index (χ4v) is 1.71. The van der Waals surface area contributed by atoms with Crippen LogP contribution in [-0.4, -0.2) is 41.9 Å². The van der Waals surface area contributed by atoms with E-state index in [-0.39, 0.29) is 18.0 Å². The molecule has 1 aliphatic carbocycles. The maximum atomic E-state index is 11.8. The Morgan fingerprint density at radius 1 is 1.41 bits per heavy atom. The third-order valence-electron chi connectivity index (χ3n) is 2.84. The lowest BCUT2D eigenvalue weighted by Gasteiger charge is -2.21. The SMILES string of the molecule is O=C(Nc1nnc(C2CC2)o1)C1COCCN1. The molecule has 2 heterocycles. The first-order valence-corrected chi connectivity index (χ1v) is 5.78. The van der Waals surface area contributed by atoms with E-state index in [9.17, 15) is 4.79 Å². The van der Waals surface area contributed by atoms with Crippen LogP contribution in [0.1, 0.15) is 24.7 Å². The fraction of sp³-hybridized carbons (Fsp3) is 0.700. The molecule has 92 valence electrons. The van der Waals surface area contributed by atoms with Crippen LogP contribution in [0.15, 0.2) is 4.42 Å². The van der Waals surface area contributed by atoms with Crippen molar-refractivity contribution in [1.82, 2.24) is 15.5 Å². The number of amides is 1. The quantitative estimate of drug-likeness (QED) is 0.762. The molecule has 0 spiro atoms. The molecule has 2 fully saturated rings. The van der Waals surface area contributed by atoms with Gasteiger partial charge in [-0.25, -0.2) is 0 Å². The monoisotopic (exact) mass is 238 g/mol. The van der Waals surface area contributed by atoms with Crippen molar-refractivity contribution in [2.24, 2.45) is 0 Å². The largest absolute Gasteiger partial charge is 0.408 e. The molecule has 1 aromatic heterocycles. The van der Waals surface area contributed by atoms with E-state index in [0.29, 0.717) is 31.6 Å². The van der Waals surface area contributed by atoms with Gasteiger partial charge in [0.05, 0.1) is 13.2 Å². The summed E-state index contributed by atoms with van der Waals surface area (Å²) in [6, 6.07) is -0.177. The van der Waals surface area contributed by atoms with E-state index in [0.717, 1.165) is 12.8 Å².